The van der Waals surface area contributed by atoms with Crippen LogP contribution >= 0.6 is 11.6 Å². The van der Waals surface area contributed by atoms with Crippen molar-refractivity contribution in [3.63, 3.8) is 0 Å². The number of anilines is 3. The molecule has 0 radical (unpaired) electrons. The zero-order valence-corrected chi connectivity index (χ0v) is 16.3. The third-order valence-electron chi connectivity index (χ3n) is 3.88. The highest BCUT2D eigenvalue weighted by atomic mass is 35.5. The van der Waals surface area contributed by atoms with Gasteiger partial charge in [-0.15, -0.1) is 0 Å². The van der Waals surface area contributed by atoms with Crippen molar-refractivity contribution >= 4 is 29.1 Å². The van der Waals surface area contributed by atoms with Crippen LogP contribution in [0.15, 0.2) is 54.6 Å². The van der Waals surface area contributed by atoms with Crippen molar-refractivity contribution in [1.82, 2.24) is 9.97 Å². The Morgan fingerprint density at radius 1 is 1.04 bits per heavy atom. The zero-order valence-electron chi connectivity index (χ0n) is 15.5. The maximum absolute atomic E-state index is 6.03. The molecule has 140 valence electrons. The summed E-state index contributed by atoms with van der Waals surface area (Å²) in [7, 11) is 0. The summed E-state index contributed by atoms with van der Waals surface area (Å²) < 4.78 is 5.47. The molecule has 0 saturated carbocycles. The third-order valence-corrected chi connectivity index (χ3v) is 4.11. The van der Waals surface area contributed by atoms with E-state index in [1.54, 1.807) is 0 Å². The Morgan fingerprint density at radius 2 is 1.85 bits per heavy atom. The molecule has 27 heavy (non-hydrogen) atoms. The highest BCUT2D eigenvalue weighted by Crippen LogP contribution is 2.20. The Kier molecular flexibility index (Phi) is 6.49. The van der Waals surface area contributed by atoms with Gasteiger partial charge in [0, 0.05) is 29.0 Å². The maximum Gasteiger partial charge on any atom is 0.224 e. The number of hydrogen-bond acceptors (Lipinski definition) is 5. The van der Waals surface area contributed by atoms with E-state index in [9.17, 15) is 0 Å². The van der Waals surface area contributed by atoms with Crippen LogP contribution in [0.2, 0.25) is 5.02 Å². The second kappa shape index (κ2) is 9.24. The molecule has 0 spiro atoms. The first kappa shape index (κ1) is 19.0. The number of halogens is 1. The Labute approximate surface area is 164 Å². The number of aryl methyl sites for hydroxylation is 1. The fraction of sp³-hybridized carbons (Fsp3) is 0.238. The van der Waals surface area contributed by atoms with Gasteiger partial charge in [0.05, 0.1) is 6.61 Å². The van der Waals surface area contributed by atoms with Gasteiger partial charge in [0.15, 0.2) is 0 Å². The topological polar surface area (TPSA) is 59.1 Å². The summed E-state index contributed by atoms with van der Waals surface area (Å²) in [6, 6.07) is 17.6. The lowest BCUT2D eigenvalue weighted by Gasteiger charge is -2.11. The number of aromatic nitrogens is 2. The summed E-state index contributed by atoms with van der Waals surface area (Å²) in [5, 5.41) is 7.34. The number of nitrogens with one attached hydrogen (secondary N) is 2. The summed E-state index contributed by atoms with van der Waals surface area (Å²) in [4.78, 5) is 9.00. The van der Waals surface area contributed by atoms with Crippen molar-refractivity contribution in [3.8, 4) is 5.75 Å². The van der Waals surface area contributed by atoms with Gasteiger partial charge in [0.25, 0.3) is 0 Å². The molecule has 1 aromatic heterocycles. The summed E-state index contributed by atoms with van der Waals surface area (Å²) in [6.07, 6.45) is 0.847. The van der Waals surface area contributed by atoms with Crippen molar-refractivity contribution in [2.45, 2.75) is 20.3 Å². The van der Waals surface area contributed by atoms with E-state index in [4.69, 9.17) is 16.3 Å². The molecule has 0 fully saturated rings. The maximum atomic E-state index is 6.03. The molecular formula is C21H23ClN4O. The molecule has 0 aliphatic heterocycles. The summed E-state index contributed by atoms with van der Waals surface area (Å²) >= 11 is 6.03. The molecule has 5 nitrogen and oxygen atoms in total. The Morgan fingerprint density at radius 3 is 2.59 bits per heavy atom. The predicted octanol–water partition coefficient (Wildman–Crippen LogP) is 5.24. The van der Waals surface area contributed by atoms with Gasteiger partial charge in [-0.05, 0) is 62.2 Å². The first-order valence-corrected chi connectivity index (χ1v) is 9.34. The van der Waals surface area contributed by atoms with Crippen LogP contribution in [0.4, 0.5) is 17.5 Å². The van der Waals surface area contributed by atoms with Gasteiger partial charge in [-0.3, -0.25) is 0 Å². The third kappa shape index (κ3) is 5.86. The number of hydrogen-bond donors (Lipinski definition) is 2. The van der Waals surface area contributed by atoms with Crippen LogP contribution in [0, 0.1) is 6.92 Å². The molecule has 0 bridgehead atoms. The summed E-state index contributed by atoms with van der Waals surface area (Å²) in [6.45, 7) is 5.30. The number of benzene rings is 2. The average molecular weight is 383 g/mol. The fourth-order valence-corrected chi connectivity index (χ4v) is 2.88. The standard InChI is InChI=1S/C21H23ClN4O/c1-3-27-19-9-7-18(8-10-19)25-20-13-15(2)24-21(26-20)23-12-11-16-5-4-6-17(22)14-16/h4-10,13-14H,3,11-12H2,1-2H3,(H2,23,24,25,26). The minimum Gasteiger partial charge on any atom is -0.494 e. The van der Waals surface area contributed by atoms with Crippen molar-refractivity contribution in [3.05, 3.63) is 70.9 Å². The molecule has 0 aliphatic carbocycles. The molecule has 1 heterocycles. The van der Waals surface area contributed by atoms with Gasteiger partial charge >= 0.3 is 0 Å². The molecule has 3 rings (SSSR count). The van der Waals surface area contributed by atoms with Crippen LogP contribution < -0.4 is 15.4 Å². The highest BCUT2D eigenvalue weighted by Gasteiger charge is 2.04. The monoisotopic (exact) mass is 382 g/mol. The summed E-state index contributed by atoms with van der Waals surface area (Å²) in [5.74, 6) is 2.20. The number of ether oxygens (including phenoxy) is 1. The molecule has 0 aliphatic rings. The van der Waals surface area contributed by atoms with Gasteiger partial charge in [-0.1, -0.05) is 23.7 Å². The number of nitrogens with zero attached hydrogens (tertiary/aromatic N) is 2. The normalized spacial score (nSPS) is 10.5. The van der Waals surface area contributed by atoms with Crippen molar-refractivity contribution < 1.29 is 4.74 Å². The number of rotatable bonds is 8. The van der Waals surface area contributed by atoms with Gasteiger partial charge in [0.2, 0.25) is 5.95 Å². The fourth-order valence-electron chi connectivity index (χ4n) is 2.67. The average Bonchev–Trinajstić information content (AvgIpc) is 2.63. The van der Waals surface area contributed by atoms with Crippen LogP contribution in [0.1, 0.15) is 18.2 Å². The molecule has 6 heteroatoms. The van der Waals surface area contributed by atoms with E-state index in [1.165, 1.54) is 5.56 Å². The minimum atomic E-state index is 0.602. The highest BCUT2D eigenvalue weighted by molar-refractivity contribution is 6.30. The second-order valence-corrected chi connectivity index (χ2v) is 6.54. The predicted molar refractivity (Wildman–Crippen MR) is 111 cm³/mol. The van der Waals surface area contributed by atoms with Crippen molar-refractivity contribution in [1.29, 1.82) is 0 Å². The lowest BCUT2D eigenvalue weighted by molar-refractivity contribution is 0.340. The van der Waals surface area contributed by atoms with Gasteiger partial charge in [0.1, 0.15) is 11.6 Å². The van der Waals surface area contributed by atoms with Crippen LogP contribution in [-0.2, 0) is 6.42 Å². The van der Waals surface area contributed by atoms with E-state index in [-0.39, 0.29) is 0 Å². The largest absolute Gasteiger partial charge is 0.494 e. The molecule has 2 aromatic carbocycles. The molecule has 0 saturated heterocycles. The van der Waals surface area contributed by atoms with Gasteiger partial charge in [-0.25, -0.2) is 4.98 Å². The van der Waals surface area contributed by atoms with Gasteiger partial charge in [-0.2, -0.15) is 4.98 Å². The van der Waals surface area contributed by atoms with Crippen LogP contribution in [0.5, 0.6) is 5.75 Å². The Balaban J connectivity index is 1.61. The van der Waals surface area contributed by atoms with E-state index in [2.05, 4.69) is 26.7 Å². The molecule has 0 atom stereocenters. The van der Waals surface area contributed by atoms with Crippen LogP contribution in [-0.4, -0.2) is 23.1 Å². The molecule has 2 N–H and O–H groups in total. The summed E-state index contributed by atoms with van der Waals surface area (Å²) in [5.41, 5.74) is 3.01. The van der Waals surface area contributed by atoms with Crippen LogP contribution in [0.25, 0.3) is 0 Å². The van der Waals surface area contributed by atoms with E-state index in [0.717, 1.165) is 40.9 Å². The van der Waals surface area contributed by atoms with E-state index in [1.807, 2.05) is 62.4 Å². The lowest BCUT2D eigenvalue weighted by atomic mass is 10.1. The smallest absolute Gasteiger partial charge is 0.224 e. The second-order valence-electron chi connectivity index (χ2n) is 6.11. The van der Waals surface area contributed by atoms with Crippen LogP contribution in [0.3, 0.4) is 0 Å². The Bertz CT molecular complexity index is 884. The molecular weight excluding hydrogens is 360 g/mol. The molecule has 0 unspecified atom stereocenters. The van der Waals surface area contributed by atoms with E-state index in [0.29, 0.717) is 12.6 Å². The Hall–Kier alpha value is -2.79. The lowest BCUT2D eigenvalue weighted by Crippen LogP contribution is -2.09. The quantitative estimate of drug-likeness (QED) is 0.558. The molecule has 0 amide bonds. The molecule has 3 aromatic rings. The van der Waals surface area contributed by atoms with E-state index < -0.39 is 0 Å². The first-order chi connectivity index (χ1) is 13.1. The minimum absolute atomic E-state index is 0.602. The first-order valence-electron chi connectivity index (χ1n) is 8.96. The van der Waals surface area contributed by atoms with Crippen molar-refractivity contribution in [2.24, 2.45) is 0 Å². The SMILES string of the molecule is CCOc1ccc(Nc2cc(C)nc(NCCc3cccc(Cl)c3)n2)cc1. The van der Waals surface area contributed by atoms with E-state index >= 15 is 0 Å². The van der Waals surface area contributed by atoms with Gasteiger partial charge < -0.3 is 15.4 Å². The zero-order chi connectivity index (χ0) is 19.1. The van der Waals surface area contributed by atoms with Crippen molar-refractivity contribution in [2.75, 3.05) is 23.8 Å².